The number of aromatic hydroxyl groups is 1. The molecule has 0 aromatic heterocycles. The van der Waals surface area contributed by atoms with Crippen molar-refractivity contribution >= 4 is 27.7 Å². The van der Waals surface area contributed by atoms with Crippen molar-refractivity contribution in [3.8, 4) is 23.0 Å². The molecule has 3 N–H and O–H groups in total. The van der Waals surface area contributed by atoms with E-state index in [1.807, 2.05) is 0 Å². The Bertz CT molecular complexity index is 840. The lowest BCUT2D eigenvalue weighted by Crippen LogP contribution is -2.41. The Labute approximate surface area is 158 Å². The number of benzene rings is 2. The maximum absolute atomic E-state index is 12.3. The molecular formula is C17H17BrN2O6. The minimum atomic E-state index is -0.576. The molecule has 0 spiro atoms. The number of rotatable bonds is 5. The second-order valence-corrected chi connectivity index (χ2v) is 5.84. The zero-order chi connectivity index (χ0) is 19.3. The Morgan fingerprint density at radius 1 is 0.885 bits per heavy atom. The van der Waals surface area contributed by atoms with Crippen molar-refractivity contribution in [3.05, 3.63) is 45.9 Å². The quantitative estimate of drug-likeness (QED) is 0.635. The summed E-state index contributed by atoms with van der Waals surface area (Å²) < 4.78 is 15.7. The van der Waals surface area contributed by atoms with Crippen LogP contribution in [0.1, 0.15) is 20.7 Å². The first-order chi connectivity index (χ1) is 12.4. The van der Waals surface area contributed by atoms with Crippen LogP contribution in [0.15, 0.2) is 34.8 Å². The molecule has 0 unspecified atom stereocenters. The summed E-state index contributed by atoms with van der Waals surface area (Å²) >= 11 is 3.28. The average Bonchev–Trinajstić information content (AvgIpc) is 2.65. The number of phenols is 1. The van der Waals surface area contributed by atoms with Gasteiger partial charge in [-0.2, -0.15) is 0 Å². The Morgan fingerprint density at radius 2 is 1.46 bits per heavy atom. The number of hydrazine groups is 1. The molecule has 9 heteroatoms. The van der Waals surface area contributed by atoms with Crippen molar-refractivity contribution in [2.45, 2.75) is 0 Å². The lowest BCUT2D eigenvalue weighted by atomic mass is 10.2. The highest BCUT2D eigenvalue weighted by Crippen LogP contribution is 2.33. The molecule has 0 aliphatic rings. The van der Waals surface area contributed by atoms with E-state index in [2.05, 4.69) is 26.8 Å². The number of carbonyl (C=O) groups excluding carboxylic acids is 2. The summed E-state index contributed by atoms with van der Waals surface area (Å²) in [6, 6.07) is 7.13. The predicted octanol–water partition coefficient (Wildman–Crippen LogP) is 2.26. The first kappa shape index (κ1) is 19.4. The molecule has 0 fully saturated rings. The van der Waals surface area contributed by atoms with Crippen molar-refractivity contribution in [2.75, 3.05) is 21.3 Å². The third kappa shape index (κ3) is 4.17. The third-order valence-corrected chi connectivity index (χ3v) is 4.11. The van der Waals surface area contributed by atoms with Gasteiger partial charge in [-0.25, -0.2) is 0 Å². The number of ether oxygens (including phenoxy) is 3. The van der Waals surface area contributed by atoms with E-state index in [-0.39, 0.29) is 22.6 Å². The van der Waals surface area contributed by atoms with Gasteiger partial charge < -0.3 is 19.3 Å². The summed E-state index contributed by atoms with van der Waals surface area (Å²) in [7, 11) is 4.30. The van der Waals surface area contributed by atoms with Crippen molar-refractivity contribution in [1.29, 1.82) is 0 Å². The van der Waals surface area contributed by atoms with Crippen LogP contribution in [0.3, 0.4) is 0 Å². The molecule has 0 saturated carbocycles. The summed E-state index contributed by atoms with van der Waals surface area (Å²) in [4.78, 5) is 24.5. The monoisotopic (exact) mass is 424 g/mol. The predicted molar refractivity (Wildman–Crippen MR) is 96.8 cm³/mol. The molecule has 2 aromatic carbocycles. The van der Waals surface area contributed by atoms with Crippen LogP contribution in [0.5, 0.6) is 23.0 Å². The lowest BCUT2D eigenvalue weighted by Gasteiger charge is -2.13. The van der Waals surface area contributed by atoms with Gasteiger partial charge in [0.05, 0.1) is 26.9 Å². The Balaban J connectivity index is 2.12. The molecule has 0 aliphatic heterocycles. The fourth-order valence-corrected chi connectivity index (χ4v) is 2.60. The molecule has 138 valence electrons. The fourth-order valence-electron chi connectivity index (χ4n) is 2.10. The van der Waals surface area contributed by atoms with Crippen LogP contribution in [-0.2, 0) is 0 Å². The molecule has 0 heterocycles. The Morgan fingerprint density at radius 3 is 2.08 bits per heavy atom. The van der Waals surface area contributed by atoms with Gasteiger partial charge >= 0.3 is 0 Å². The van der Waals surface area contributed by atoms with Crippen LogP contribution >= 0.6 is 15.9 Å². The average molecular weight is 425 g/mol. The van der Waals surface area contributed by atoms with Crippen LogP contribution in [0.2, 0.25) is 0 Å². The zero-order valence-electron chi connectivity index (χ0n) is 14.3. The lowest BCUT2D eigenvalue weighted by molar-refractivity contribution is 0.0846. The summed E-state index contributed by atoms with van der Waals surface area (Å²) in [5, 5.41) is 9.55. The molecule has 0 radical (unpaired) electrons. The van der Waals surface area contributed by atoms with Crippen LogP contribution in [-0.4, -0.2) is 38.3 Å². The number of amides is 2. The Hall–Kier alpha value is -2.94. The summed E-state index contributed by atoms with van der Waals surface area (Å²) in [5.41, 5.74) is 5.05. The highest BCUT2D eigenvalue weighted by Gasteiger charge is 2.17. The topological polar surface area (TPSA) is 106 Å². The van der Waals surface area contributed by atoms with Crippen molar-refractivity contribution in [1.82, 2.24) is 10.9 Å². The maximum atomic E-state index is 12.3. The van der Waals surface area contributed by atoms with Crippen molar-refractivity contribution in [3.63, 3.8) is 0 Å². The van der Waals surface area contributed by atoms with Crippen molar-refractivity contribution < 1.29 is 28.9 Å². The number of hydrogen-bond donors (Lipinski definition) is 3. The van der Waals surface area contributed by atoms with E-state index in [0.29, 0.717) is 16.0 Å². The highest BCUT2D eigenvalue weighted by molar-refractivity contribution is 9.10. The molecule has 2 rings (SSSR count). The standard InChI is InChI=1S/C17H17BrN2O6/c1-24-13-6-9(4-5-12(13)21)16(22)19-20-17(23)10-7-14(25-2)15(26-3)8-11(10)18/h4-8,21H,1-3H3,(H,19,22)(H,20,23). The molecular weight excluding hydrogens is 408 g/mol. The van der Waals surface area contributed by atoms with E-state index in [0.717, 1.165) is 0 Å². The van der Waals surface area contributed by atoms with Crippen LogP contribution in [0.4, 0.5) is 0 Å². The molecule has 2 aromatic rings. The molecule has 26 heavy (non-hydrogen) atoms. The van der Waals surface area contributed by atoms with Gasteiger partial charge in [0.1, 0.15) is 0 Å². The van der Waals surface area contributed by atoms with Gasteiger partial charge in [0.15, 0.2) is 23.0 Å². The summed E-state index contributed by atoms with van der Waals surface area (Å²) in [6.45, 7) is 0. The van der Waals surface area contributed by atoms with E-state index in [1.165, 1.54) is 45.6 Å². The molecule has 0 atom stereocenters. The SMILES string of the molecule is COc1cc(C(=O)NNC(=O)c2cc(OC)c(OC)cc2Br)ccc1O. The van der Waals surface area contributed by atoms with Gasteiger partial charge in [0.2, 0.25) is 0 Å². The van der Waals surface area contributed by atoms with E-state index in [4.69, 9.17) is 14.2 Å². The second kappa shape index (κ2) is 8.43. The minimum Gasteiger partial charge on any atom is -0.504 e. The largest absolute Gasteiger partial charge is 0.504 e. The second-order valence-electron chi connectivity index (χ2n) is 4.98. The van der Waals surface area contributed by atoms with E-state index in [1.54, 1.807) is 6.07 Å². The van der Waals surface area contributed by atoms with Gasteiger partial charge in [0, 0.05) is 10.0 Å². The fraction of sp³-hybridized carbons (Fsp3) is 0.176. The number of nitrogens with one attached hydrogen (secondary N) is 2. The molecule has 8 nitrogen and oxygen atoms in total. The van der Waals surface area contributed by atoms with E-state index >= 15 is 0 Å². The normalized spacial score (nSPS) is 10.0. The first-order valence-electron chi connectivity index (χ1n) is 7.30. The number of carbonyl (C=O) groups is 2. The van der Waals surface area contributed by atoms with Gasteiger partial charge in [-0.15, -0.1) is 0 Å². The van der Waals surface area contributed by atoms with Crippen LogP contribution in [0, 0.1) is 0 Å². The molecule has 2 amide bonds. The van der Waals surface area contributed by atoms with Gasteiger partial charge in [-0.1, -0.05) is 0 Å². The number of halogens is 1. The Kier molecular flexibility index (Phi) is 6.29. The van der Waals surface area contributed by atoms with E-state index < -0.39 is 11.8 Å². The maximum Gasteiger partial charge on any atom is 0.270 e. The smallest absolute Gasteiger partial charge is 0.270 e. The van der Waals surface area contributed by atoms with Gasteiger partial charge in [-0.05, 0) is 46.3 Å². The number of hydrogen-bond acceptors (Lipinski definition) is 6. The van der Waals surface area contributed by atoms with Crippen LogP contribution < -0.4 is 25.1 Å². The number of methoxy groups -OCH3 is 3. The first-order valence-corrected chi connectivity index (χ1v) is 8.09. The zero-order valence-corrected chi connectivity index (χ0v) is 15.8. The highest BCUT2D eigenvalue weighted by atomic mass is 79.9. The minimum absolute atomic E-state index is 0.0951. The van der Waals surface area contributed by atoms with Crippen molar-refractivity contribution in [2.24, 2.45) is 0 Å². The van der Waals surface area contributed by atoms with Gasteiger partial charge in [-0.3, -0.25) is 20.4 Å². The van der Waals surface area contributed by atoms with Crippen LogP contribution in [0.25, 0.3) is 0 Å². The molecule has 0 aliphatic carbocycles. The summed E-state index contributed by atoms with van der Waals surface area (Å²) in [6.07, 6.45) is 0. The molecule has 0 saturated heterocycles. The van der Waals surface area contributed by atoms with Gasteiger partial charge in [0.25, 0.3) is 11.8 Å². The van der Waals surface area contributed by atoms with E-state index in [9.17, 15) is 14.7 Å². The summed E-state index contributed by atoms with van der Waals surface area (Å²) in [5.74, 6) is -0.259. The number of phenolic OH excluding ortho intramolecular Hbond substituents is 1. The molecule has 0 bridgehead atoms. The third-order valence-electron chi connectivity index (χ3n) is 3.45.